The van der Waals surface area contributed by atoms with Crippen LogP contribution in [0.15, 0.2) is 24.3 Å². The van der Waals surface area contributed by atoms with Gasteiger partial charge in [0, 0.05) is 12.1 Å². The molecule has 0 bridgehead atoms. The Morgan fingerprint density at radius 1 is 1.42 bits per heavy atom. The van der Waals surface area contributed by atoms with Crippen LogP contribution in [0, 0.1) is 5.92 Å². The molecule has 1 fully saturated rings. The van der Waals surface area contributed by atoms with Crippen LogP contribution in [0.2, 0.25) is 0 Å². The van der Waals surface area contributed by atoms with Crippen molar-refractivity contribution in [3.63, 3.8) is 0 Å². The number of primary amides is 1. The van der Waals surface area contributed by atoms with Crippen molar-refractivity contribution in [3.05, 3.63) is 35.4 Å². The Labute approximate surface area is 115 Å². The molecule has 19 heavy (non-hydrogen) atoms. The van der Waals surface area contributed by atoms with E-state index in [2.05, 4.69) is 11.8 Å². The van der Waals surface area contributed by atoms with E-state index in [-0.39, 0.29) is 5.91 Å². The van der Waals surface area contributed by atoms with Crippen LogP contribution in [-0.2, 0) is 6.42 Å². The molecule has 1 aromatic carbocycles. The molecule has 2 N–H and O–H groups in total. The first-order chi connectivity index (χ1) is 9.16. The summed E-state index contributed by atoms with van der Waals surface area (Å²) in [7, 11) is 0. The van der Waals surface area contributed by atoms with Crippen molar-refractivity contribution in [1.29, 1.82) is 0 Å². The van der Waals surface area contributed by atoms with Crippen molar-refractivity contribution in [2.75, 3.05) is 19.6 Å². The molecule has 3 nitrogen and oxygen atoms in total. The third kappa shape index (κ3) is 4.06. The van der Waals surface area contributed by atoms with Crippen LogP contribution in [0.4, 0.5) is 0 Å². The van der Waals surface area contributed by atoms with Gasteiger partial charge in [0.15, 0.2) is 0 Å². The first-order valence-corrected chi connectivity index (χ1v) is 7.27. The van der Waals surface area contributed by atoms with Crippen LogP contribution in [0.3, 0.4) is 0 Å². The molecule has 1 atom stereocenters. The van der Waals surface area contributed by atoms with Crippen LogP contribution in [0.25, 0.3) is 0 Å². The van der Waals surface area contributed by atoms with Crippen molar-refractivity contribution in [2.24, 2.45) is 11.7 Å². The molecule has 1 aromatic rings. The number of aryl methyl sites for hydroxylation is 1. The van der Waals surface area contributed by atoms with Crippen LogP contribution >= 0.6 is 0 Å². The van der Waals surface area contributed by atoms with E-state index in [0.717, 1.165) is 30.9 Å². The number of hydrogen-bond donors (Lipinski definition) is 1. The fourth-order valence-electron chi connectivity index (χ4n) is 2.96. The topological polar surface area (TPSA) is 46.3 Å². The lowest BCUT2D eigenvalue weighted by molar-refractivity contribution is 0.0999. The maximum atomic E-state index is 11.3. The highest BCUT2D eigenvalue weighted by Crippen LogP contribution is 2.16. The third-order valence-corrected chi connectivity index (χ3v) is 3.94. The number of likely N-dealkylation sites (tertiary alicyclic amines) is 1. The Kier molecular flexibility index (Phi) is 4.97. The van der Waals surface area contributed by atoms with Gasteiger partial charge in [0.05, 0.1) is 0 Å². The van der Waals surface area contributed by atoms with Gasteiger partial charge in [-0.25, -0.2) is 0 Å². The summed E-state index contributed by atoms with van der Waals surface area (Å²) in [6.07, 6.45) is 4.71. The molecule has 0 radical (unpaired) electrons. The van der Waals surface area contributed by atoms with Gasteiger partial charge in [0.2, 0.25) is 5.91 Å². The normalized spacial score (nSPS) is 20.4. The summed E-state index contributed by atoms with van der Waals surface area (Å²) in [6.45, 7) is 5.89. The number of amides is 1. The number of benzene rings is 1. The zero-order valence-corrected chi connectivity index (χ0v) is 11.8. The quantitative estimate of drug-likeness (QED) is 0.884. The summed E-state index contributed by atoms with van der Waals surface area (Å²) in [4.78, 5) is 13.9. The molecule has 0 aliphatic carbocycles. The second-order valence-corrected chi connectivity index (χ2v) is 5.67. The fourth-order valence-corrected chi connectivity index (χ4v) is 2.96. The number of nitrogens with two attached hydrogens (primary N) is 1. The van der Waals surface area contributed by atoms with E-state index in [1.165, 1.54) is 25.9 Å². The van der Waals surface area contributed by atoms with Gasteiger partial charge in [-0.15, -0.1) is 0 Å². The zero-order chi connectivity index (χ0) is 13.7. The van der Waals surface area contributed by atoms with Crippen molar-refractivity contribution < 1.29 is 4.79 Å². The van der Waals surface area contributed by atoms with E-state index in [9.17, 15) is 4.79 Å². The van der Waals surface area contributed by atoms with Gasteiger partial charge in [-0.2, -0.15) is 0 Å². The van der Waals surface area contributed by atoms with Crippen LogP contribution in [0.1, 0.15) is 42.1 Å². The van der Waals surface area contributed by atoms with Gasteiger partial charge >= 0.3 is 0 Å². The Morgan fingerprint density at radius 3 is 2.95 bits per heavy atom. The predicted octanol–water partition coefficient (Wildman–Crippen LogP) is 2.45. The van der Waals surface area contributed by atoms with E-state index in [1.807, 2.05) is 24.3 Å². The second-order valence-electron chi connectivity index (χ2n) is 5.67. The summed E-state index contributed by atoms with van der Waals surface area (Å²) in [5, 5.41) is 0. The molecule has 1 saturated heterocycles. The summed E-state index contributed by atoms with van der Waals surface area (Å²) in [6, 6.07) is 7.68. The van der Waals surface area contributed by atoms with E-state index < -0.39 is 0 Å². The van der Waals surface area contributed by atoms with Gasteiger partial charge < -0.3 is 10.6 Å². The third-order valence-electron chi connectivity index (χ3n) is 3.94. The number of piperidine rings is 1. The van der Waals surface area contributed by atoms with Gasteiger partial charge in [0.25, 0.3) is 0 Å². The zero-order valence-electron chi connectivity index (χ0n) is 11.8. The van der Waals surface area contributed by atoms with E-state index in [1.54, 1.807) is 0 Å². The van der Waals surface area contributed by atoms with Crippen LogP contribution in [0.5, 0.6) is 0 Å². The van der Waals surface area contributed by atoms with Gasteiger partial charge in [-0.3, -0.25) is 4.79 Å². The Balaban J connectivity index is 1.84. The van der Waals surface area contributed by atoms with Crippen LogP contribution in [-0.4, -0.2) is 30.4 Å². The minimum Gasteiger partial charge on any atom is -0.366 e. The standard InChI is InChI=1S/C16H24N2O/c1-13-6-4-10-18(12-13)11-5-8-14-7-2-3-9-15(14)16(17)19/h2-3,7,9,13H,4-6,8,10-12H2,1H3,(H2,17,19). The molecule has 0 saturated carbocycles. The minimum absolute atomic E-state index is 0.317. The summed E-state index contributed by atoms with van der Waals surface area (Å²) in [5.41, 5.74) is 7.16. The maximum Gasteiger partial charge on any atom is 0.248 e. The molecule has 1 aliphatic heterocycles. The highest BCUT2D eigenvalue weighted by atomic mass is 16.1. The van der Waals surface area contributed by atoms with Gasteiger partial charge in [-0.1, -0.05) is 25.1 Å². The van der Waals surface area contributed by atoms with E-state index in [4.69, 9.17) is 5.73 Å². The average Bonchev–Trinajstić information content (AvgIpc) is 2.39. The minimum atomic E-state index is -0.317. The Morgan fingerprint density at radius 2 is 2.21 bits per heavy atom. The summed E-state index contributed by atoms with van der Waals surface area (Å²) in [5.74, 6) is 0.508. The molecule has 1 heterocycles. The van der Waals surface area contributed by atoms with Crippen molar-refractivity contribution in [2.45, 2.75) is 32.6 Å². The van der Waals surface area contributed by atoms with E-state index in [0.29, 0.717) is 5.56 Å². The highest BCUT2D eigenvalue weighted by Gasteiger charge is 2.15. The Bertz CT molecular complexity index is 431. The molecule has 1 aliphatic rings. The molecule has 0 aromatic heterocycles. The van der Waals surface area contributed by atoms with Gasteiger partial charge in [-0.05, 0) is 56.3 Å². The molecule has 3 heteroatoms. The first-order valence-electron chi connectivity index (χ1n) is 7.27. The average molecular weight is 260 g/mol. The van der Waals surface area contributed by atoms with E-state index >= 15 is 0 Å². The van der Waals surface area contributed by atoms with Crippen molar-refractivity contribution >= 4 is 5.91 Å². The first kappa shape index (κ1) is 14.1. The molecular weight excluding hydrogens is 236 g/mol. The largest absolute Gasteiger partial charge is 0.366 e. The Hall–Kier alpha value is -1.35. The number of nitrogens with zero attached hydrogens (tertiary/aromatic N) is 1. The maximum absolute atomic E-state index is 11.3. The molecule has 104 valence electrons. The van der Waals surface area contributed by atoms with Crippen molar-refractivity contribution in [3.8, 4) is 0 Å². The predicted molar refractivity (Wildman–Crippen MR) is 78.1 cm³/mol. The number of carbonyl (C=O) groups excluding carboxylic acids is 1. The highest BCUT2D eigenvalue weighted by molar-refractivity contribution is 5.94. The monoisotopic (exact) mass is 260 g/mol. The lowest BCUT2D eigenvalue weighted by Gasteiger charge is -2.30. The molecule has 1 unspecified atom stereocenters. The lowest BCUT2D eigenvalue weighted by Crippen LogP contribution is -2.35. The van der Waals surface area contributed by atoms with Crippen LogP contribution < -0.4 is 5.73 Å². The second kappa shape index (κ2) is 6.71. The smallest absolute Gasteiger partial charge is 0.248 e. The number of hydrogen-bond acceptors (Lipinski definition) is 2. The van der Waals surface area contributed by atoms with Crippen molar-refractivity contribution in [1.82, 2.24) is 4.90 Å². The molecule has 1 amide bonds. The van der Waals surface area contributed by atoms with Gasteiger partial charge in [0.1, 0.15) is 0 Å². The summed E-state index contributed by atoms with van der Waals surface area (Å²) >= 11 is 0. The molecular formula is C16H24N2O. The summed E-state index contributed by atoms with van der Waals surface area (Å²) < 4.78 is 0. The SMILES string of the molecule is CC1CCCN(CCCc2ccccc2C(N)=O)C1. The fraction of sp³-hybridized carbons (Fsp3) is 0.562. The molecule has 2 rings (SSSR count). The number of carbonyl (C=O) groups is 1. The lowest BCUT2D eigenvalue weighted by atomic mass is 9.99. The number of rotatable bonds is 5. The molecule has 0 spiro atoms.